The third-order valence-electron chi connectivity index (χ3n) is 2.16. The van der Waals surface area contributed by atoms with Gasteiger partial charge in [-0.3, -0.25) is 4.79 Å². The number of hydrogen-bond acceptors (Lipinski definition) is 3. The number of halogens is 1. The maximum absolute atomic E-state index is 11.7. The normalized spacial score (nSPS) is 11.4. The largest absolute Gasteiger partial charge is 0.325 e. The third kappa shape index (κ3) is 5.76. The first kappa shape index (κ1) is 15.3. The zero-order chi connectivity index (χ0) is 13.8. The van der Waals surface area contributed by atoms with Gasteiger partial charge in [-0.2, -0.15) is 11.8 Å². The molecule has 5 heteroatoms. The first-order chi connectivity index (χ1) is 8.28. The second-order valence-corrected chi connectivity index (χ2v) is 6.39. The van der Waals surface area contributed by atoms with Crippen LogP contribution < -0.4 is 11.1 Å². The number of anilines is 1. The minimum absolute atomic E-state index is 0.0378. The van der Waals surface area contributed by atoms with Crippen molar-refractivity contribution in [2.45, 2.75) is 26.3 Å². The highest BCUT2D eigenvalue weighted by atomic mass is 35.5. The molecule has 1 aromatic carbocycles. The van der Waals surface area contributed by atoms with E-state index in [9.17, 15) is 4.79 Å². The number of hydrogen-bond donors (Lipinski definition) is 2. The Bertz CT molecular complexity index is 429. The molecule has 1 amide bonds. The SMILES string of the molecule is Cc1ccc(NC(=O)CSCC(C)(C)N)cc1Cl. The quantitative estimate of drug-likeness (QED) is 0.875. The number of rotatable bonds is 5. The summed E-state index contributed by atoms with van der Waals surface area (Å²) in [7, 11) is 0. The fourth-order valence-corrected chi connectivity index (χ4v) is 2.34. The lowest BCUT2D eigenvalue weighted by atomic mass is 10.1. The molecule has 0 radical (unpaired) electrons. The van der Waals surface area contributed by atoms with E-state index in [2.05, 4.69) is 5.32 Å². The lowest BCUT2D eigenvalue weighted by molar-refractivity contribution is -0.113. The number of nitrogens with two attached hydrogens (primary N) is 1. The van der Waals surface area contributed by atoms with Gasteiger partial charge in [0.15, 0.2) is 0 Å². The number of aryl methyl sites for hydroxylation is 1. The summed E-state index contributed by atoms with van der Waals surface area (Å²) in [5.41, 5.74) is 7.31. The Balaban J connectivity index is 2.42. The van der Waals surface area contributed by atoms with Crippen LogP contribution in [0.2, 0.25) is 5.02 Å². The molecular weight excluding hydrogens is 268 g/mol. The molecule has 0 fully saturated rings. The first-order valence-electron chi connectivity index (χ1n) is 5.70. The average Bonchev–Trinajstić information content (AvgIpc) is 2.21. The van der Waals surface area contributed by atoms with E-state index in [1.807, 2.05) is 32.9 Å². The lowest BCUT2D eigenvalue weighted by Gasteiger charge is -2.17. The van der Waals surface area contributed by atoms with Crippen LogP contribution in [0.15, 0.2) is 18.2 Å². The summed E-state index contributed by atoms with van der Waals surface area (Å²) in [4.78, 5) is 11.7. The van der Waals surface area contributed by atoms with Gasteiger partial charge in [0.25, 0.3) is 0 Å². The summed E-state index contributed by atoms with van der Waals surface area (Å²) in [6, 6.07) is 5.48. The molecule has 0 unspecified atom stereocenters. The molecule has 0 saturated carbocycles. The van der Waals surface area contributed by atoms with Gasteiger partial charge in [-0.05, 0) is 38.5 Å². The highest BCUT2D eigenvalue weighted by Crippen LogP contribution is 2.20. The van der Waals surface area contributed by atoms with Crippen molar-refractivity contribution in [1.82, 2.24) is 0 Å². The molecule has 1 aromatic rings. The van der Waals surface area contributed by atoms with E-state index in [0.29, 0.717) is 10.8 Å². The molecule has 0 aliphatic rings. The van der Waals surface area contributed by atoms with Crippen LogP contribution in [0.1, 0.15) is 19.4 Å². The van der Waals surface area contributed by atoms with Gasteiger partial charge in [0.1, 0.15) is 0 Å². The van der Waals surface area contributed by atoms with Crippen molar-refractivity contribution in [3.8, 4) is 0 Å². The molecular formula is C13H19ClN2OS. The molecule has 0 bridgehead atoms. The molecule has 0 aliphatic carbocycles. The van der Waals surface area contributed by atoms with E-state index >= 15 is 0 Å². The number of carbonyl (C=O) groups is 1. The maximum Gasteiger partial charge on any atom is 0.234 e. The van der Waals surface area contributed by atoms with E-state index in [1.54, 1.807) is 6.07 Å². The van der Waals surface area contributed by atoms with Crippen LogP contribution in [0.25, 0.3) is 0 Å². The summed E-state index contributed by atoms with van der Waals surface area (Å²) in [6.07, 6.45) is 0. The molecule has 18 heavy (non-hydrogen) atoms. The van der Waals surface area contributed by atoms with Crippen LogP contribution in [-0.4, -0.2) is 23.0 Å². The number of benzene rings is 1. The predicted molar refractivity (Wildman–Crippen MR) is 80.4 cm³/mol. The average molecular weight is 287 g/mol. The van der Waals surface area contributed by atoms with Gasteiger partial charge in [0, 0.05) is 22.0 Å². The second kappa shape index (κ2) is 6.45. The Hall–Kier alpha value is -0.710. The van der Waals surface area contributed by atoms with Gasteiger partial charge in [0.05, 0.1) is 5.75 Å². The van der Waals surface area contributed by atoms with Crippen LogP contribution in [-0.2, 0) is 4.79 Å². The zero-order valence-electron chi connectivity index (χ0n) is 10.9. The molecule has 0 atom stereocenters. The molecule has 0 saturated heterocycles. The van der Waals surface area contributed by atoms with Crippen LogP contribution in [0, 0.1) is 6.92 Å². The van der Waals surface area contributed by atoms with Crippen molar-refractivity contribution in [3.63, 3.8) is 0 Å². The molecule has 100 valence electrons. The standard InChI is InChI=1S/C13H19ClN2OS/c1-9-4-5-10(6-11(9)14)16-12(17)7-18-8-13(2,3)15/h4-6H,7-8,15H2,1-3H3,(H,16,17). The summed E-state index contributed by atoms with van der Waals surface area (Å²) in [5.74, 6) is 1.10. The number of nitrogens with one attached hydrogen (secondary N) is 1. The van der Waals surface area contributed by atoms with Crippen molar-refractivity contribution < 1.29 is 4.79 Å². The van der Waals surface area contributed by atoms with Gasteiger partial charge < -0.3 is 11.1 Å². The van der Waals surface area contributed by atoms with Gasteiger partial charge in [-0.25, -0.2) is 0 Å². The Morgan fingerprint density at radius 3 is 2.72 bits per heavy atom. The molecule has 3 nitrogen and oxygen atoms in total. The van der Waals surface area contributed by atoms with Crippen LogP contribution in [0.4, 0.5) is 5.69 Å². The summed E-state index contributed by atoms with van der Waals surface area (Å²) < 4.78 is 0. The molecule has 0 aromatic heterocycles. The number of thioether (sulfide) groups is 1. The molecule has 0 heterocycles. The van der Waals surface area contributed by atoms with E-state index in [4.69, 9.17) is 17.3 Å². The van der Waals surface area contributed by atoms with Crippen LogP contribution >= 0.6 is 23.4 Å². The Kier molecular flexibility index (Phi) is 5.50. The highest BCUT2D eigenvalue weighted by molar-refractivity contribution is 8.00. The van der Waals surface area contributed by atoms with Crippen molar-refractivity contribution >= 4 is 35.0 Å². The van der Waals surface area contributed by atoms with Crippen LogP contribution in [0.3, 0.4) is 0 Å². The maximum atomic E-state index is 11.7. The first-order valence-corrected chi connectivity index (χ1v) is 7.24. The second-order valence-electron chi connectivity index (χ2n) is 4.99. The smallest absolute Gasteiger partial charge is 0.234 e. The van der Waals surface area contributed by atoms with Crippen molar-refractivity contribution in [2.24, 2.45) is 5.73 Å². The fraction of sp³-hybridized carbons (Fsp3) is 0.462. The van der Waals surface area contributed by atoms with Crippen molar-refractivity contribution in [2.75, 3.05) is 16.8 Å². The molecule has 0 aliphatic heterocycles. The minimum Gasteiger partial charge on any atom is -0.325 e. The lowest BCUT2D eigenvalue weighted by Crippen LogP contribution is -2.35. The Morgan fingerprint density at radius 1 is 1.50 bits per heavy atom. The topological polar surface area (TPSA) is 55.1 Å². The minimum atomic E-state index is -0.252. The summed E-state index contributed by atoms with van der Waals surface area (Å²) >= 11 is 7.51. The van der Waals surface area contributed by atoms with Crippen molar-refractivity contribution in [1.29, 1.82) is 0 Å². The van der Waals surface area contributed by atoms with Crippen LogP contribution in [0.5, 0.6) is 0 Å². The van der Waals surface area contributed by atoms with Gasteiger partial charge in [-0.1, -0.05) is 17.7 Å². The fourth-order valence-electron chi connectivity index (χ4n) is 1.27. The van der Waals surface area contributed by atoms with E-state index in [-0.39, 0.29) is 11.4 Å². The Morgan fingerprint density at radius 2 is 2.17 bits per heavy atom. The van der Waals surface area contributed by atoms with Gasteiger partial charge in [0.2, 0.25) is 5.91 Å². The van der Waals surface area contributed by atoms with Crippen molar-refractivity contribution in [3.05, 3.63) is 28.8 Å². The molecule has 0 spiro atoms. The van der Waals surface area contributed by atoms with Gasteiger partial charge in [-0.15, -0.1) is 0 Å². The van der Waals surface area contributed by atoms with E-state index in [1.165, 1.54) is 11.8 Å². The zero-order valence-corrected chi connectivity index (χ0v) is 12.5. The summed E-state index contributed by atoms with van der Waals surface area (Å²) in [5, 5.41) is 3.47. The molecule has 3 N–H and O–H groups in total. The predicted octanol–water partition coefficient (Wildman–Crippen LogP) is 3.06. The number of amides is 1. The van der Waals surface area contributed by atoms with E-state index < -0.39 is 0 Å². The third-order valence-corrected chi connectivity index (χ3v) is 3.98. The number of carbonyl (C=O) groups excluding carboxylic acids is 1. The Labute approximate surface area is 117 Å². The highest BCUT2D eigenvalue weighted by Gasteiger charge is 2.12. The van der Waals surface area contributed by atoms with E-state index in [0.717, 1.165) is 17.0 Å². The summed E-state index contributed by atoms with van der Waals surface area (Å²) in [6.45, 7) is 5.81. The van der Waals surface area contributed by atoms with Gasteiger partial charge >= 0.3 is 0 Å². The molecule has 1 rings (SSSR count). The monoisotopic (exact) mass is 286 g/mol.